The molecular formula is C21H22N6OS2. The number of hydrogen-bond donors (Lipinski definition) is 2. The molecule has 0 atom stereocenters. The zero-order valence-electron chi connectivity index (χ0n) is 16.6. The second-order valence-electron chi connectivity index (χ2n) is 7.57. The van der Waals surface area contributed by atoms with Crippen molar-refractivity contribution in [1.82, 2.24) is 19.9 Å². The zero-order valence-corrected chi connectivity index (χ0v) is 18.2. The quantitative estimate of drug-likeness (QED) is 0.510. The van der Waals surface area contributed by atoms with Crippen molar-refractivity contribution in [1.29, 1.82) is 0 Å². The number of carbonyl (C=O) groups excluding carboxylic acids is 1. The van der Waals surface area contributed by atoms with E-state index in [0.29, 0.717) is 17.0 Å². The summed E-state index contributed by atoms with van der Waals surface area (Å²) >= 11 is 3.11. The molecular weight excluding hydrogens is 416 g/mol. The lowest BCUT2D eigenvalue weighted by Gasteiger charge is -2.08. The van der Waals surface area contributed by atoms with E-state index >= 15 is 0 Å². The maximum atomic E-state index is 11.9. The first-order valence-electron chi connectivity index (χ1n) is 10.2. The van der Waals surface area contributed by atoms with Crippen molar-refractivity contribution in [3.63, 3.8) is 0 Å². The average Bonchev–Trinajstić information content (AvgIpc) is 3.66. The van der Waals surface area contributed by atoms with E-state index in [2.05, 4.69) is 37.5 Å². The lowest BCUT2D eigenvalue weighted by atomic mass is 10.3. The van der Waals surface area contributed by atoms with Crippen LogP contribution in [0.2, 0.25) is 0 Å². The van der Waals surface area contributed by atoms with Crippen LogP contribution in [0.25, 0.3) is 0 Å². The molecule has 0 spiro atoms. The summed E-state index contributed by atoms with van der Waals surface area (Å²) in [5.74, 6) is 2.12. The topological polar surface area (TPSA) is 92.7 Å². The summed E-state index contributed by atoms with van der Waals surface area (Å²) < 4.78 is 0. The number of rotatable bonds is 8. The van der Waals surface area contributed by atoms with Crippen LogP contribution in [0, 0.1) is 5.92 Å². The number of anilines is 3. The zero-order chi connectivity index (χ0) is 20.5. The molecule has 2 aliphatic rings. The molecule has 3 aromatic rings. The maximum absolute atomic E-state index is 11.9. The van der Waals surface area contributed by atoms with Gasteiger partial charge in [-0.25, -0.2) is 9.97 Å². The molecule has 0 bridgehead atoms. The highest BCUT2D eigenvalue weighted by molar-refractivity contribution is 7.99. The first-order chi connectivity index (χ1) is 14.7. The Labute approximate surface area is 183 Å². The van der Waals surface area contributed by atoms with Crippen molar-refractivity contribution in [2.75, 3.05) is 10.6 Å². The molecule has 5 rings (SSSR count). The van der Waals surface area contributed by atoms with E-state index in [9.17, 15) is 4.79 Å². The lowest BCUT2D eigenvalue weighted by molar-refractivity contribution is -0.117. The van der Waals surface area contributed by atoms with Crippen molar-refractivity contribution in [3.8, 4) is 0 Å². The van der Waals surface area contributed by atoms with Gasteiger partial charge in [0.2, 0.25) is 11.9 Å². The van der Waals surface area contributed by atoms with Gasteiger partial charge in [-0.2, -0.15) is 9.97 Å². The van der Waals surface area contributed by atoms with Gasteiger partial charge < -0.3 is 5.32 Å². The Bertz CT molecular complexity index is 1060. The molecule has 0 unspecified atom stereocenters. The minimum atomic E-state index is 0.117. The Morgan fingerprint density at radius 3 is 2.60 bits per heavy atom. The largest absolute Gasteiger partial charge is 0.326 e. The lowest BCUT2D eigenvalue weighted by Crippen LogP contribution is -2.12. The number of amides is 1. The molecule has 154 valence electrons. The van der Waals surface area contributed by atoms with Crippen molar-refractivity contribution < 1.29 is 4.79 Å². The van der Waals surface area contributed by atoms with Crippen molar-refractivity contribution in [2.24, 2.45) is 5.92 Å². The van der Waals surface area contributed by atoms with Crippen LogP contribution in [0.15, 0.2) is 40.5 Å². The maximum Gasteiger partial charge on any atom is 0.233 e. The summed E-state index contributed by atoms with van der Waals surface area (Å²) in [6, 6.07) is 7.81. The third kappa shape index (κ3) is 4.79. The van der Waals surface area contributed by atoms with Gasteiger partial charge in [0, 0.05) is 33.5 Å². The summed E-state index contributed by atoms with van der Waals surface area (Å²) in [5, 5.41) is 7.67. The molecule has 2 fully saturated rings. The van der Waals surface area contributed by atoms with Crippen LogP contribution >= 0.6 is 23.1 Å². The smallest absolute Gasteiger partial charge is 0.233 e. The first kappa shape index (κ1) is 19.4. The standard InChI is InChI=1S/C21H22N6OS2/c1-2-15-11-22-20(29-15)26-19-24-17(12-3-4-12)25-21(27-19)30-16-9-7-14(8-10-16)23-18(28)13-5-6-13/h7-13H,2-6H2,1H3,(H,23,28)(H,22,24,25,26,27). The predicted octanol–water partition coefficient (Wildman–Crippen LogP) is 5.01. The Balaban J connectivity index is 1.31. The molecule has 0 radical (unpaired) electrons. The van der Waals surface area contributed by atoms with Gasteiger partial charge in [-0.05, 0) is 68.1 Å². The Morgan fingerprint density at radius 2 is 1.93 bits per heavy atom. The number of aromatic nitrogens is 4. The Hall–Kier alpha value is -2.52. The van der Waals surface area contributed by atoms with E-state index in [1.165, 1.54) is 16.6 Å². The summed E-state index contributed by atoms with van der Waals surface area (Å²) in [7, 11) is 0. The number of benzene rings is 1. The fourth-order valence-electron chi connectivity index (χ4n) is 2.92. The molecule has 2 aliphatic carbocycles. The monoisotopic (exact) mass is 438 g/mol. The van der Waals surface area contributed by atoms with Crippen molar-refractivity contribution >= 4 is 45.8 Å². The van der Waals surface area contributed by atoms with Crippen LogP contribution in [0.4, 0.5) is 16.8 Å². The number of nitrogens with zero attached hydrogens (tertiary/aromatic N) is 4. The minimum absolute atomic E-state index is 0.117. The number of aryl methyl sites for hydroxylation is 1. The van der Waals surface area contributed by atoms with Gasteiger partial charge in [0.25, 0.3) is 0 Å². The third-order valence-electron chi connectivity index (χ3n) is 4.97. The molecule has 0 aliphatic heterocycles. The second kappa shape index (κ2) is 8.31. The molecule has 9 heteroatoms. The van der Waals surface area contributed by atoms with Gasteiger partial charge in [0.1, 0.15) is 5.82 Å². The van der Waals surface area contributed by atoms with Gasteiger partial charge in [0.15, 0.2) is 10.3 Å². The molecule has 2 N–H and O–H groups in total. The Kier molecular flexibility index (Phi) is 5.39. The normalized spacial score (nSPS) is 15.8. The third-order valence-corrected chi connectivity index (χ3v) is 6.90. The molecule has 1 amide bonds. The predicted molar refractivity (Wildman–Crippen MR) is 118 cm³/mol. The van der Waals surface area contributed by atoms with Gasteiger partial charge in [-0.15, -0.1) is 11.3 Å². The van der Waals surface area contributed by atoms with Gasteiger partial charge in [0.05, 0.1) is 0 Å². The van der Waals surface area contributed by atoms with Crippen LogP contribution < -0.4 is 10.6 Å². The summed E-state index contributed by atoms with van der Waals surface area (Å²) in [4.78, 5) is 32.4. The van der Waals surface area contributed by atoms with E-state index in [1.54, 1.807) is 11.3 Å². The van der Waals surface area contributed by atoms with E-state index in [-0.39, 0.29) is 11.8 Å². The van der Waals surface area contributed by atoms with E-state index in [0.717, 1.165) is 53.6 Å². The van der Waals surface area contributed by atoms with Gasteiger partial charge in [-0.3, -0.25) is 10.1 Å². The highest BCUT2D eigenvalue weighted by atomic mass is 32.2. The highest BCUT2D eigenvalue weighted by Crippen LogP contribution is 2.39. The van der Waals surface area contributed by atoms with Gasteiger partial charge >= 0.3 is 0 Å². The number of nitrogens with one attached hydrogen (secondary N) is 2. The number of hydrogen-bond acceptors (Lipinski definition) is 8. The molecule has 2 heterocycles. The molecule has 30 heavy (non-hydrogen) atoms. The fourth-order valence-corrected chi connectivity index (χ4v) is 4.42. The van der Waals surface area contributed by atoms with Crippen LogP contribution in [-0.2, 0) is 11.2 Å². The highest BCUT2D eigenvalue weighted by Gasteiger charge is 2.30. The second-order valence-corrected chi connectivity index (χ2v) is 9.73. The molecule has 1 aromatic carbocycles. The molecule has 7 nitrogen and oxygen atoms in total. The van der Waals surface area contributed by atoms with Crippen LogP contribution in [0.3, 0.4) is 0 Å². The summed E-state index contributed by atoms with van der Waals surface area (Å²) in [6.45, 7) is 2.11. The van der Waals surface area contributed by atoms with Gasteiger partial charge in [-0.1, -0.05) is 6.92 Å². The summed E-state index contributed by atoms with van der Waals surface area (Å²) in [5.41, 5.74) is 0.823. The fraction of sp³-hybridized carbons (Fsp3) is 0.381. The van der Waals surface area contributed by atoms with Crippen LogP contribution in [-0.4, -0.2) is 25.8 Å². The molecule has 2 saturated carbocycles. The molecule has 0 saturated heterocycles. The van der Waals surface area contributed by atoms with E-state index < -0.39 is 0 Å². The summed E-state index contributed by atoms with van der Waals surface area (Å²) in [6.07, 6.45) is 7.09. The SMILES string of the molecule is CCc1cnc(Nc2nc(Sc3ccc(NC(=O)C4CC4)cc3)nc(C3CC3)n2)s1. The van der Waals surface area contributed by atoms with Crippen LogP contribution in [0.5, 0.6) is 0 Å². The first-order valence-corrected chi connectivity index (χ1v) is 11.9. The number of thiazole rings is 1. The van der Waals surface area contributed by atoms with E-state index in [4.69, 9.17) is 0 Å². The van der Waals surface area contributed by atoms with Crippen molar-refractivity contribution in [3.05, 3.63) is 41.2 Å². The van der Waals surface area contributed by atoms with Crippen LogP contribution in [0.1, 0.15) is 49.2 Å². The van der Waals surface area contributed by atoms with E-state index in [1.807, 2.05) is 30.5 Å². The minimum Gasteiger partial charge on any atom is -0.326 e. The average molecular weight is 439 g/mol. The number of carbonyl (C=O) groups is 1. The Morgan fingerprint density at radius 1 is 1.13 bits per heavy atom. The van der Waals surface area contributed by atoms with Crippen molar-refractivity contribution in [2.45, 2.75) is 55.0 Å². The molecule has 2 aromatic heterocycles.